The van der Waals surface area contributed by atoms with Crippen molar-refractivity contribution in [1.82, 2.24) is 30.2 Å². The lowest BCUT2D eigenvalue weighted by Crippen LogP contribution is -2.52. The first kappa shape index (κ1) is 31.1. The number of hydrogen-bond donors (Lipinski definition) is 3. The van der Waals surface area contributed by atoms with Crippen molar-refractivity contribution in [3.63, 3.8) is 0 Å². The third kappa shape index (κ3) is 5.20. The predicted molar refractivity (Wildman–Crippen MR) is 193 cm³/mol. The highest BCUT2D eigenvalue weighted by atomic mass is 16.5. The van der Waals surface area contributed by atoms with Gasteiger partial charge in [-0.1, -0.05) is 69.2 Å². The Bertz CT molecular complexity index is 2110. The summed E-state index contributed by atoms with van der Waals surface area (Å²) in [7, 11) is 1.32. The quantitative estimate of drug-likeness (QED) is 0.163. The molecule has 2 saturated carbocycles. The highest BCUT2D eigenvalue weighted by molar-refractivity contribution is 5.87. The molecule has 2 unspecified atom stereocenters. The number of nitrogens with one attached hydrogen (secondary N) is 3. The van der Waals surface area contributed by atoms with Crippen molar-refractivity contribution in [3.8, 4) is 33.5 Å². The fraction of sp³-hybridized carbons (Fsp3) is 0.415. The molecule has 4 atom stereocenters. The van der Waals surface area contributed by atoms with E-state index in [2.05, 4.69) is 74.9 Å². The number of fused-ring (bicyclic) bond motifs is 3. The number of benzene rings is 3. The van der Waals surface area contributed by atoms with E-state index in [4.69, 9.17) is 9.72 Å². The van der Waals surface area contributed by atoms with Crippen LogP contribution >= 0.6 is 0 Å². The third-order valence-electron chi connectivity index (χ3n) is 12.1. The highest BCUT2D eigenvalue weighted by Crippen LogP contribution is 2.54. The van der Waals surface area contributed by atoms with Crippen molar-refractivity contribution in [2.75, 3.05) is 7.11 Å². The van der Waals surface area contributed by atoms with Crippen molar-refractivity contribution in [2.45, 2.75) is 83.3 Å². The molecule has 9 nitrogen and oxygen atoms in total. The molecule has 1 aliphatic heterocycles. The van der Waals surface area contributed by atoms with Crippen LogP contribution in [0.4, 0.5) is 4.79 Å². The van der Waals surface area contributed by atoms with Crippen molar-refractivity contribution >= 4 is 23.0 Å². The molecule has 2 aromatic heterocycles. The smallest absolute Gasteiger partial charge is 0.407 e. The maximum absolute atomic E-state index is 13.8. The second-order valence-corrected chi connectivity index (χ2v) is 15.5. The van der Waals surface area contributed by atoms with Crippen molar-refractivity contribution in [1.29, 1.82) is 0 Å². The molecule has 5 aromatic rings. The van der Waals surface area contributed by atoms with Crippen LogP contribution in [0.25, 0.3) is 44.5 Å². The number of aromatic nitrogens is 4. The summed E-state index contributed by atoms with van der Waals surface area (Å²) in [6.45, 7) is 3.89. The molecule has 0 radical (unpaired) electrons. The number of imidazole rings is 2. The van der Waals surface area contributed by atoms with Crippen LogP contribution < -0.4 is 5.32 Å². The predicted octanol–water partition coefficient (Wildman–Crippen LogP) is 7.99. The van der Waals surface area contributed by atoms with Crippen LogP contribution in [0.2, 0.25) is 0 Å². The standard InChI is InChI=1S/C41H44N6O3/c1-23(2)37(46-40(49)50-3)39(48)47-35-17-27(35)18-36(47)38-42-21-34(45-38)25-8-6-24(7-9-25)28-11-12-29(26-10-13-32-33(16-26)44-22-43-32)31-20-41(19-30(28)31)14-4-5-15-41/h6-13,16,21-23,27,35-37H,4-5,14-15,17-20H2,1-3H3,(H,42,45)(H,43,44)(H,46,49)/t27?,35?,36-,37-/m0/s1. The van der Waals surface area contributed by atoms with Crippen LogP contribution in [0.5, 0.6) is 0 Å². The molecule has 256 valence electrons. The topological polar surface area (TPSA) is 116 Å². The molecule has 3 fully saturated rings. The summed E-state index contributed by atoms with van der Waals surface area (Å²) in [6, 6.07) is 19.5. The molecule has 3 N–H and O–H groups in total. The van der Waals surface area contributed by atoms with Crippen molar-refractivity contribution < 1.29 is 14.3 Å². The molecule has 2 amide bonds. The van der Waals surface area contributed by atoms with Crippen LogP contribution in [0.1, 0.15) is 75.4 Å². The lowest BCUT2D eigenvalue weighted by atomic mass is 9.82. The Balaban J connectivity index is 0.992. The van der Waals surface area contributed by atoms with Gasteiger partial charge in [0.2, 0.25) is 5.91 Å². The van der Waals surface area contributed by atoms with Gasteiger partial charge in [0, 0.05) is 6.04 Å². The van der Waals surface area contributed by atoms with Gasteiger partial charge in [-0.05, 0) is 107 Å². The van der Waals surface area contributed by atoms with Gasteiger partial charge in [-0.2, -0.15) is 0 Å². The van der Waals surface area contributed by atoms with Gasteiger partial charge in [0.1, 0.15) is 11.9 Å². The van der Waals surface area contributed by atoms with Gasteiger partial charge in [-0.3, -0.25) is 4.79 Å². The highest BCUT2D eigenvalue weighted by Gasteiger charge is 2.56. The minimum atomic E-state index is -0.648. The number of H-pyrrole nitrogens is 2. The Morgan fingerprint density at radius 2 is 1.62 bits per heavy atom. The minimum absolute atomic E-state index is 0.0671. The summed E-state index contributed by atoms with van der Waals surface area (Å²) < 4.78 is 4.82. The van der Waals surface area contributed by atoms with E-state index in [0.29, 0.717) is 11.3 Å². The van der Waals surface area contributed by atoms with E-state index < -0.39 is 12.1 Å². The number of alkyl carbamates (subject to hydrolysis) is 1. The molecule has 3 aliphatic carbocycles. The number of amides is 2. The van der Waals surface area contributed by atoms with Crippen LogP contribution in [0.3, 0.4) is 0 Å². The molecular weight excluding hydrogens is 624 g/mol. The Labute approximate surface area is 292 Å². The normalized spacial score (nSPS) is 22.2. The Morgan fingerprint density at radius 3 is 2.34 bits per heavy atom. The van der Waals surface area contributed by atoms with E-state index in [-0.39, 0.29) is 23.9 Å². The van der Waals surface area contributed by atoms with E-state index in [1.165, 1.54) is 66.2 Å². The summed E-state index contributed by atoms with van der Waals surface area (Å²) in [4.78, 5) is 43.9. The first-order valence-electron chi connectivity index (χ1n) is 18.2. The van der Waals surface area contributed by atoms with E-state index >= 15 is 0 Å². The largest absolute Gasteiger partial charge is 0.453 e. The fourth-order valence-electron chi connectivity index (χ4n) is 9.39. The molecule has 4 aliphatic rings. The van der Waals surface area contributed by atoms with Crippen LogP contribution in [0.15, 0.2) is 67.1 Å². The molecule has 3 heterocycles. The zero-order valence-electron chi connectivity index (χ0n) is 29.0. The molecule has 9 heteroatoms. The molecule has 50 heavy (non-hydrogen) atoms. The number of hydrogen-bond acceptors (Lipinski definition) is 5. The van der Waals surface area contributed by atoms with Gasteiger partial charge < -0.3 is 24.9 Å². The number of carbonyl (C=O) groups is 2. The number of carbonyl (C=O) groups excluding carboxylic acids is 2. The first-order chi connectivity index (χ1) is 24.3. The van der Waals surface area contributed by atoms with E-state index in [0.717, 1.165) is 53.8 Å². The molecule has 1 spiro atoms. The third-order valence-corrected chi connectivity index (χ3v) is 12.1. The molecule has 0 bridgehead atoms. The van der Waals surface area contributed by atoms with Gasteiger partial charge in [-0.25, -0.2) is 14.8 Å². The van der Waals surface area contributed by atoms with Gasteiger partial charge in [0.15, 0.2) is 0 Å². The van der Waals surface area contributed by atoms with Crippen molar-refractivity contribution in [3.05, 3.63) is 84.1 Å². The molecular formula is C41H44N6O3. The second kappa shape index (κ2) is 11.9. The average Bonchev–Trinajstić information content (AvgIpc) is 3.76. The lowest BCUT2D eigenvalue weighted by Gasteiger charge is -2.31. The summed E-state index contributed by atoms with van der Waals surface area (Å²) in [5.74, 6) is 1.14. The van der Waals surface area contributed by atoms with E-state index in [1.54, 1.807) is 6.33 Å². The Hall–Kier alpha value is -4.92. The molecule has 1 saturated heterocycles. The summed E-state index contributed by atoms with van der Waals surface area (Å²) in [6.07, 6.45) is 12.5. The number of likely N-dealkylation sites (tertiary alicyclic amines) is 1. The Morgan fingerprint density at radius 1 is 0.920 bits per heavy atom. The van der Waals surface area contributed by atoms with E-state index in [9.17, 15) is 9.59 Å². The number of aromatic amines is 2. The zero-order chi connectivity index (χ0) is 34.1. The van der Waals surface area contributed by atoms with Gasteiger partial charge in [0.25, 0.3) is 0 Å². The fourth-order valence-corrected chi connectivity index (χ4v) is 9.39. The van der Waals surface area contributed by atoms with Crippen LogP contribution in [0, 0.1) is 17.3 Å². The summed E-state index contributed by atoms with van der Waals surface area (Å²) in [5, 5.41) is 2.76. The Kier molecular flexibility index (Phi) is 7.37. The van der Waals surface area contributed by atoms with Gasteiger partial charge in [-0.15, -0.1) is 0 Å². The number of ether oxygens (including phenoxy) is 1. The maximum atomic E-state index is 13.8. The van der Waals surface area contributed by atoms with Crippen LogP contribution in [-0.2, 0) is 22.4 Å². The zero-order valence-corrected chi connectivity index (χ0v) is 29.0. The molecule has 9 rings (SSSR count). The summed E-state index contributed by atoms with van der Waals surface area (Å²) >= 11 is 0. The number of piperidine rings is 1. The average molecular weight is 669 g/mol. The minimum Gasteiger partial charge on any atom is -0.453 e. The SMILES string of the molecule is COC(=O)N[C@H](C(=O)N1C2CC2C[C@H]1c1ncc(-c2ccc(-c3ccc(-c4ccc5nc[nH]c5c4)c4c3CC3(CCCC3)C4)cc2)[nH]1)C(C)C. The van der Waals surface area contributed by atoms with Crippen molar-refractivity contribution in [2.24, 2.45) is 17.3 Å². The number of nitrogens with zero attached hydrogens (tertiary/aromatic N) is 3. The lowest BCUT2D eigenvalue weighted by molar-refractivity contribution is -0.136. The summed E-state index contributed by atoms with van der Waals surface area (Å²) in [5.41, 5.74) is 12.7. The van der Waals surface area contributed by atoms with E-state index in [1.807, 2.05) is 24.9 Å². The first-order valence-corrected chi connectivity index (χ1v) is 18.2. The maximum Gasteiger partial charge on any atom is 0.407 e. The van der Waals surface area contributed by atoms with Crippen LogP contribution in [-0.4, -0.2) is 56.0 Å². The van der Waals surface area contributed by atoms with Gasteiger partial charge >= 0.3 is 6.09 Å². The monoisotopic (exact) mass is 668 g/mol. The molecule has 3 aromatic carbocycles. The van der Waals surface area contributed by atoms with Gasteiger partial charge in [0.05, 0.1) is 42.4 Å². The number of methoxy groups -OCH3 is 1. The second-order valence-electron chi connectivity index (χ2n) is 15.5. The number of rotatable bonds is 7.